The van der Waals surface area contributed by atoms with Crippen molar-refractivity contribution in [3.8, 4) is 0 Å². The van der Waals surface area contributed by atoms with Gasteiger partial charge in [-0.25, -0.2) is 0 Å². The van der Waals surface area contributed by atoms with E-state index in [9.17, 15) is 0 Å². The quantitative estimate of drug-likeness (QED) is 0.903. The lowest BCUT2D eigenvalue weighted by Gasteiger charge is -2.36. The Morgan fingerprint density at radius 1 is 1.15 bits per heavy atom. The molecule has 2 aliphatic rings. The highest BCUT2D eigenvalue weighted by molar-refractivity contribution is 8.07. The summed E-state index contributed by atoms with van der Waals surface area (Å²) in [5, 5.41) is 5.99. The lowest BCUT2D eigenvalue weighted by atomic mass is 10.0. The standard InChI is InChI=1S/C17H25NS2/c1-11-12(2)20-16(10-19-11)17(18-3)15-9-14(15)13-7-5-4-6-8-13/h4-8,11-12,14-18H,9-10H2,1-3H3. The molecule has 0 radical (unpaired) electrons. The van der Waals surface area contributed by atoms with Gasteiger partial charge >= 0.3 is 0 Å². The Kier molecular flexibility index (Phi) is 4.68. The lowest BCUT2D eigenvalue weighted by molar-refractivity contribution is 0.490. The van der Waals surface area contributed by atoms with E-state index in [4.69, 9.17) is 0 Å². The number of nitrogens with one attached hydrogen (secondary N) is 1. The molecule has 110 valence electrons. The van der Waals surface area contributed by atoms with E-state index in [1.807, 2.05) is 0 Å². The molecular formula is C17H25NS2. The predicted octanol–water partition coefficient (Wildman–Crippen LogP) is 4.00. The van der Waals surface area contributed by atoms with Crippen LogP contribution in [0.2, 0.25) is 0 Å². The summed E-state index contributed by atoms with van der Waals surface area (Å²) in [5.41, 5.74) is 1.53. The third-order valence-electron chi connectivity index (χ3n) is 4.84. The minimum absolute atomic E-state index is 0.674. The first-order valence-corrected chi connectivity index (χ1v) is 9.69. The maximum atomic E-state index is 3.63. The molecule has 0 aromatic heterocycles. The van der Waals surface area contributed by atoms with Gasteiger partial charge in [0.15, 0.2) is 0 Å². The molecular weight excluding hydrogens is 282 g/mol. The zero-order chi connectivity index (χ0) is 14.1. The van der Waals surface area contributed by atoms with Crippen LogP contribution in [0.25, 0.3) is 0 Å². The van der Waals surface area contributed by atoms with Crippen LogP contribution in [0.4, 0.5) is 0 Å². The van der Waals surface area contributed by atoms with Crippen molar-refractivity contribution in [3.05, 3.63) is 35.9 Å². The Labute approximate surface area is 131 Å². The third-order valence-corrected chi connectivity index (χ3v) is 8.35. The Hall–Kier alpha value is -0.120. The largest absolute Gasteiger partial charge is 0.316 e. The van der Waals surface area contributed by atoms with Crippen LogP contribution in [0.1, 0.15) is 31.7 Å². The molecule has 1 N–H and O–H groups in total. The SMILES string of the molecule is CNC(C1CSC(C)C(C)S1)C1CC1c1ccccc1. The van der Waals surface area contributed by atoms with Gasteiger partial charge in [-0.3, -0.25) is 0 Å². The topological polar surface area (TPSA) is 12.0 Å². The Morgan fingerprint density at radius 2 is 1.90 bits per heavy atom. The molecule has 6 unspecified atom stereocenters. The lowest BCUT2D eigenvalue weighted by Crippen LogP contribution is -2.43. The van der Waals surface area contributed by atoms with Crippen LogP contribution in [-0.2, 0) is 0 Å². The number of benzene rings is 1. The van der Waals surface area contributed by atoms with E-state index in [0.29, 0.717) is 6.04 Å². The Balaban J connectivity index is 1.64. The zero-order valence-corrected chi connectivity index (χ0v) is 14.2. The maximum absolute atomic E-state index is 3.63. The monoisotopic (exact) mass is 307 g/mol. The highest BCUT2D eigenvalue weighted by Gasteiger charge is 2.47. The first-order valence-electron chi connectivity index (χ1n) is 7.70. The second-order valence-corrected chi connectivity index (χ2v) is 9.18. The summed E-state index contributed by atoms with van der Waals surface area (Å²) in [6, 6.07) is 11.7. The van der Waals surface area contributed by atoms with Gasteiger partial charge in [-0.2, -0.15) is 23.5 Å². The van der Waals surface area contributed by atoms with E-state index in [1.165, 1.54) is 17.7 Å². The summed E-state index contributed by atoms with van der Waals surface area (Å²) < 4.78 is 0. The summed E-state index contributed by atoms with van der Waals surface area (Å²) in [6.45, 7) is 4.76. The molecule has 1 saturated carbocycles. The van der Waals surface area contributed by atoms with Crippen molar-refractivity contribution in [2.75, 3.05) is 12.8 Å². The van der Waals surface area contributed by atoms with Gasteiger partial charge in [-0.05, 0) is 30.9 Å². The van der Waals surface area contributed by atoms with Crippen molar-refractivity contribution in [2.24, 2.45) is 5.92 Å². The molecule has 6 atom stereocenters. The molecule has 1 aromatic carbocycles. The first-order chi connectivity index (χ1) is 9.70. The number of hydrogen-bond donors (Lipinski definition) is 1. The van der Waals surface area contributed by atoms with Crippen LogP contribution < -0.4 is 5.32 Å². The van der Waals surface area contributed by atoms with Crippen molar-refractivity contribution in [1.29, 1.82) is 0 Å². The molecule has 3 heteroatoms. The van der Waals surface area contributed by atoms with Gasteiger partial charge in [-0.15, -0.1) is 0 Å². The maximum Gasteiger partial charge on any atom is 0.0297 e. The minimum atomic E-state index is 0.674. The highest BCUT2D eigenvalue weighted by Crippen LogP contribution is 2.52. The molecule has 1 heterocycles. The molecule has 20 heavy (non-hydrogen) atoms. The van der Waals surface area contributed by atoms with Crippen LogP contribution in [0.15, 0.2) is 30.3 Å². The van der Waals surface area contributed by atoms with Gasteiger partial charge < -0.3 is 5.32 Å². The molecule has 0 spiro atoms. The number of rotatable bonds is 4. The molecule has 1 aliphatic heterocycles. The molecule has 1 aromatic rings. The summed E-state index contributed by atoms with van der Waals surface area (Å²) >= 11 is 4.37. The fraction of sp³-hybridized carbons (Fsp3) is 0.647. The van der Waals surface area contributed by atoms with Crippen molar-refractivity contribution in [3.63, 3.8) is 0 Å². The fourth-order valence-corrected chi connectivity index (χ4v) is 6.60. The molecule has 2 fully saturated rings. The summed E-state index contributed by atoms with van der Waals surface area (Å²) in [6.07, 6.45) is 1.36. The molecule has 3 rings (SSSR count). The van der Waals surface area contributed by atoms with E-state index in [-0.39, 0.29) is 0 Å². The fourth-order valence-electron chi connectivity index (χ4n) is 3.37. The summed E-state index contributed by atoms with van der Waals surface area (Å²) in [5.74, 6) is 2.93. The Bertz CT molecular complexity index is 436. The van der Waals surface area contributed by atoms with Crippen molar-refractivity contribution in [2.45, 2.75) is 48.0 Å². The van der Waals surface area contributed by atoms with Gasteiger partial charge in [0.25, 0.3) is 0 Å². The van der Waals surface area contributed by atoms with Gasteiger partial charge in [0.05, 0.1) is 0 Å². The van der Waals surface area contributed by atoms with Crippen molar-refractivity contribution in [1.82, 2.24) is 5.32 Å². The van der Waals surface area contributed by atoms with E-state index in [2.05, 4.69) is 80.1 Å². The summed E-state index contributed by atoms with van der Waals surface area (Å²) in [4.78, 5) is 0. The van der Waals surface area contributed by atoms with Crippen LogP contribution in [-0.4, -0.2) is 34.6 Å². The molecule has 1 saturated heterocycles. The normalized spacial score (nSPS) is 38.5. The van der Waals surface area contributed by atoms with Gasteiger partial charge in [0.2, 0.25) is 0 Å². The average molecular weight is 308 g/mol. The van der Waals surface area contributed by atoms with Gasteiger partial charge in [0, 0.05) is 27.5 Å². The highest BCUT2D eigenvalue weighted by atomic mass is 32.2. The van der Waals surface area contributed by atoms with Crippen molar-refractivity contribution >= 4 is 23.5 Å². The first kappa shape index (κ1) is 14.8. The van der Waals surface area contributed by atoms with E-state index in [0.717, 1.165) is 27.6 Å². The second kappa shape index (κ2) is 6.33. The zero-order valence-electron chi connectivity index (χ0n) is 12.6. The average Bonchev–Trinajstić information content (AvgIpc) is 3.25. The van der Waals surface area contributed by atoms with E-state index < -0.39 is 0 Å². The predicted molar refractivity (Wildman–Crippen MR) is 92.9 cm³/mol. The third kappa shape index (κ3) is 3.05. The Morgan fingerprint density at radius 3 is 2.55 bits per heavy atom. The van der Waals surface area contributed by atoms with Crippen LogP contribution >= 0.6 is 23.5 Å². The molecule has 0 bridgehead atoms. The molecule has 1 nitrogen and oxygen atoms in total. The van der Waals surface area contributed by atoms with Gasteiger partial charge in [-0.1, -0.05) is 44.2 Å². The number of hydrogen-bond acceptors (Lipinski definition) is 3. The molecule has 0 amide bonds. The summed E-state index contributed by atoms with van der Waals surface area (Å²) in [7, 11) is 2.15. The van der Waals surface area contributed by atoms with Crippen LogP contribution in [0.3, 0.4) is 0 Å². The van der Waals surface area contributed by atoms with Crippen LogP contribution in [0.5, 0.6) is 0 Å². The van der Waals surface area contributed by atoms with Gasteiger partial charge in [0.1, 0.15) is 0 Å². The number of thioether (sulfide) groups is 2. The second-order valence-electron chi connectivity index (χ2n) is 6.15. The van der Waals surface area contributed by atoms with Crippen LogP contribution in [0, 0.1) is 5.92 Å². The smallest absolute Gasteiger partial charge is 0.0297 e. The van der Waals surface area contributed by atoms with Crippen molar-refractivity contribution < 1.29 is 0 Å². The minimum Gasteiger partial charge on any atom is -0.316 e. The van der Waals surface area contributed by atoms with E-state index >= 15 is 0 Å². The molecule has 1 aliphatic carbocycles. The van der Waals surface area contributed by atoms with E-state index in [1.54, 1.807) is 0 Å².